The van der Waals surface area contributed by atoms with Crippen molar-refractivity contribution in [3.63, 3.8) is 0 Å². The van der Waals surface area contributed by atoms with Crippen LogP contribution in [0.5, 0.6) is 0 Å². The van der Waals surface area contributed by atoms with E-state index in [9.17, 15) is 4.79 Å². The van der Waals surface area contributed by atoms with Crippen LogP contribution in [0.1, 0.15) is 30.5 Å². The molecular formula is C20H25N5O. The fourth-order valence-corrected chi connectivity index (χ4v) is 4.10. The molecule has 0 bridgehead atoms. The summed E-state index contributed by atoms with van der Waals surface area (Å²) in [5, 5.41) is 8.04. The zero-order valence-electron chi connectivity index (χ0n) is 15.2. The minimum absolute atomic E-state index is 0.155. The first kappa shape index (κ1) is 16.9. The van der Waals surface area contributed by atoms with E-state index in [1.54, 1.807) is 6.20 Å². The van der Waals surface area contributed by atoms with Gasteiger partial charge in [-0.15, -0.1) is 0 Å². The molecule has 0 radical (unpaired) electrons. The van der Waals surface area contributed by atoms with Gasteiger partial charge in [0.2, 0.25) is 5.91 Å². The maximum atomic E-state index is 12.7. The lowest BCUT2D eigenvalue weighted by atomic mass is 9.97. The third kappa shape index (κ3) is 3.54. The zero-order valence-corrected chi connectivity index (χ0v) is 15.2. The van der Waals surface area contributed by atoms with Crippen molar-refractivity contribution in [3.8, 4) is 0 Å². The molecule has 4 rings (SSSR count). The summed E-state index contributed by atoms with van der Waals surface area (Å²) in [6.07, 6.45) is 7.38. The molecule has 0 N–H and O–H groups in total. The fourth-order valence-electron chi connectivity index (χ4n) is 4.10. The molecule has 2 aliphatic rings. The molecule has 1 amide bonds. The lowest BCUT2D eigenvalue weighted by Crippen LogP contribution is -2.51. The second-order valence-corrected chi connectivity index (χ2v) is 7.37. The second kappa shape index (κ2) is 7.40. The standard InChI is InChI=1S/C20H25N5O/c1-15-7-8-19(21-13-15)24-10-11-25-18(14-24)12-16(20(25)26)4-2-5-17-6-3-9-22-23-17/h3,6-9,13,16,18H,2,4-5,10-12,14H2,1H3/t16-,18-/m0/s1. The molecule has 6 heteroatoms. The summed E-state index contributed by atoms with van der Waals surface area (Å²) in [7, 11) is 0. The normalized spacial score (nSPS) is 22.6. The van der Waals surface area contributed by atoms with Crippen molar-refractivity contribution in [1.82, 2.24) is 20.1 Å². The summed E-state index contributed by atoms with van der Waals surface area (Å²) in [6.45, 7) is 4.61. The summed E-state index contributed by atoms with van der Waals surface area (Å²) in [6, 6.07) is 8.42. The van der Waals surface area contributed by atoms with Gasteiger partial charge in [-0.2, -0.15) is 10.2 Å². The van der Waals surface area contributed by atoms with Crippen LogP contribution >= 0.6 is 0 Å². The van der Waals surface area contributed by atoms with Gasteiger partial charge in [-0.1, -0.05) is 6.07 Å². The van der Waals surface area contributed by atoms with Crippen molar-refractivity contribution in [1.29, 1.82) is 0 Å². The Morgan fingerprint density at radius 2 is 2.15 bits per heavy atom. The van der Waals surface area contributed by atoms with Crippen molar-refractivity contribution in [3.05, 3.63) is 47.9 Å². The maximum absolute atomic E-state index is 12.7. The number of nitrogens with zero attached hydrogens (tertiary/aromatic N) is 5. The Morgan fingerprint density at radius 1 is 1.23 bits per heavy atom. The molecule has 0 aliphatic carbocycles. The minimum atomic E-state index is 0.155. The summed E-state index contributed by atoms with van der Waals surface area (Å²) >= 11 is 0. The van der Waals surface area contributed by atoms with Crippen LogP contribution in [0, 0.1) is 12.8 Å². The van der Waals surface area contributed by atoms with E-state index in [-0.39, 0.29) is 5.92 Å². The first-order valence-electron chi connectivity index (χ1n) is 9.45. The van der Waals surface area contributed by atoms with Gasteiger partial charge in [0.15, 0.2) is 0 Å². The number of rotatable bonds is 5. The van der Waals surface area contributed by atoms with Gasteiger partial charge >= 0.3 is 0 Å². The van der Waals surface area contributed by atoms with Crippen molar-refractivity contribution in [2.75, 3.05) is 24.5 Å². The minimum Gasteiger partial charge on any atom is -0.353 e. The average molecular weight is 351 g/mol. The Balaban J connectivity index is 1.33. The number of carbonyl (C=O) groups excluding carboxylic acids is 1. The van der Waals surface area contributed by atoms with Gasteiger partial charge in [-0.05, 0) is 56.4 Å². The van der Waals surface area contributed by atoms with Crippen LogP contribution < -0.4 is 4.90 Å². The van der Waals surface area contributed by atoms with Crippen molar-refractivity contribution >= 4 is 11.7 Å². The lowest BCUT2D eigenvalue weighted by molar-refractivity contribution is -0.132. The number of aromatic nitrogens is 3. The third-order valence-corrected chi connectivity index (χ3v) is 5.50. The van der Waals surface area contributed by atoms with E-state index in [1.165, 1.54) is 5.56 Å². The van der Waals surface area contributed by atoms with Crippen molar-refractivity contribution < 1.29 is 4.79 Å². The lowest BCUT2D eigenvalue weighted by Gasteiger charge is -2.38. The van der Waals surface area contributed by atoms with Gasteiger partial charge in [-0.3, -0.25) is 4.79 Å². The summed E-state index contributed by atoms with van der Waals surface area (Å²) in [5.74, 6) is 1.52. The van der Waals surface area contributed by atoms with E-state index >= 15 is 0 Å². The average Bonchev–Trinajstić information content (AvgIpc) is 2.98. The Morgan fingerprint density at radius 3 is 2.92 bits per heavy atom. The highest BCUT2D eigenvalue weighted by Gasteiger charge is 2.41. The molecule has 2 fully saturated rings. The number of fused-ring (bicyclic) bond motifs is 1. The van der Waals surface area contributed by atoms with Gasteiger partial charge in [0.25, 0.3) is 0 Å². The molecule has 2 saturated heterocycles. The smallest absolute Gasteiger partial charge is 0.226 e. The summed E-state index contributed by atoms with van der Waals surface area (Å²) in [5.41, 5.74) is 2.18. The molecule has 136 valence electrons. The highest BCUT2D eigenvalue weighted by atomic mass is 16.2. The monoisotopic (exact) mass is 351 g/mol. The van der Waals surface area contributed by atoms with Crippen LogP contribution in [0.2, 0.25) is 0 Å². The quantitative estimate of drug-likeness (QED) is 0.827. The van der Waals surface area contributed by atoms with Gasteiger partial charge in [-0.25, -0.2) is 4.98 Å². The largest absolute Gasteiger partial charge is 0.353 e. The third-order valence-electron chi connectivity index (χ3n) is 5.50. The number of carbonyl (C=O) groups is 1. The Bertz CT molecular complexity index is 749. The van der Waals surface area contributed by atoms with Crippen LogP contribution in [-0.4, -0.2) is 51.7 Å². The van der Waals surface area contributed by atoms with Gasteiger partial charge in [0.05, 0.1) is 11.7 Å². The van der Waals surface area contributed by atoms with Crippen molar-refractivity contribution in [2.45, 2.75) is 38.6 Å². The molecule has 26 heavy (non-hydrogen) atoms. The Kier molecular flexibility index (Phi) is 4.82. The number of piperazine rings is 1. The van der Waals surface area contributed by atoms with Gasteiger partial charge < -0.3 is 9.80 Å². The zero-order chi connectivity index (χ0) is 17.9. The highest BCUT2D eigenvalue weighted by molar-refractivity contribution is 5.82. The molecule has 0 aromatic carbocycles. The van der Waals surface area contributed by atoms with Crippen LogP contribution in [0.15, 0.2) is 36.7 Å². The molecule has 0 spiro atoms. The number of pyridine rings is 1. The molecule has 2 aromatic heterocycles. The summed E-state index contributed by atoms with van der Waals surface area (Å²) < 4.78 is 0. The number of hydrogen-bond acceptors (Lipinski definition) is 5. The molecular weight excluding hydrogens is 326 g/mol. The first-order valence-corrected chi connectivity index (χ1v) is 9.45. The number of anilines is 1. The van der Waals surface area contributed by atoms with E-state index in [0.29, 0.717) is 11.9 Å². The molecule has 6 nitrogen and oxygen atoms in total. The molecule has 2 atom stereocenters. The molecule has 2 aliphatic heterocycles. The van der Waals surface area contributed by atoms with Crippen LogP contribution in [0.4, 0.5) is 5.82 Å². The van der Waals surface area contributed by atoms with Crippen LogP contribution in [0.3, 0.4) is 0 Å². The van der Waals surface area contributed by atoms with Crippen molar-refractivity contribution in [2.24, 2.45) is 5.92 Å². The predicted molar refractivity (Wildman–Crippen MR) is 99.8 cm³/mol. The molecule has 4 heterocycles. The summed E-state index contributed by atoms with van der Waals surface area (Å²) in [4.78, 5) is 21.7. The topological polar surface area (TPSA) is 62.2 Å². The Hall–Kier alpha value is -2.50. The van der Waals surface area contributed by atoms with Crippen LogP contribution in [0.25, 0.3) is 0 Å². The van der Waals surface area contributed by atoms with E-state index in [4.69, 9.17) is 0 Å². The molecule has 0 unspecified atom stereocenters. The molecule has 0 saturated carbocycles. The Labute approximate surface area is 154 Å². The number of aryl methyl sites for hydroxylation is 2. The predicted octanol–water partition coefficient (Wildman–Crippen LogP) is 2.24. The first-order chi connectivity index (χ1) is 12.7. The number of amides is 1. The SMILES string of the molecule is Cc1ccc(N2CCN3C(=O)[C@@H](CCCc4cccnn4)C[C@H]3C2)nc1. The fraction of sp³-hybridized carbons (Fsp3) is 0.500. The van der Waals surface area contributed by atoms with Gasteiger partial charge in [0, 0.05) is 37.9 Å². The molecule has 2 aromatic rings. The van der Waals surface area contributed by atoms with E-state index < -0.39 is 0 Å². The van der Waals surface area contributed by atoms with E-state index in [1.807, 2.05) is 18.3 Å². The second-order valence-electron chi connectivity index (χ2n) is 7.37. The highest BCUT2D eigenvalue weighted by Crippen LogP contribution is 2.32. The van der Waals surface area contributed by atoms with Crippen LogP contribution in [-0.2, 0) is 11.2 Å². The van der Waals surface area contributed by atoms with E-state index in [0.717, 1.165) is 56.8 Å². The number of hydrogen-bond donors (Lipinski definition) is 0. The van der Waals surface area contributed by atoms with Gasteiger partial charge in [0.1, 0.15) is 5.82 Å². The van der Waals surface area contributed by atoms with E-state index in [2.05, 4.69) is 44.0 Å². The maximum Gasteiger partial charge on any atom is 0.226 e.